The van der Waals surface area contributed by atoms with Gasteiger partial charge in [-0.05, 0) is 31.4 Å². The summed E-state index contributed by atoms with van der Waals surface area (Å²) < 4.78 is 7.80. The maximum Gasteiger partial charge on any atom is 0.121 e. The van der Waals surface area contributed by atoms with Gasteiger partial charge in [0.15, 0.2) is 0 Å². The van der Waals surface area contributed by atoms with E-state index >= 15 is 0 Å². The SMILES string of the molecule is CCOc1ccc2c(c1)nc(CS)n2CCC(C)C. The molecule has 0 amide bonds. The lowest BCUT2D eigenvalue weighted by molar-refractivity contribution is 0.340. The molecule has 0 fully saturated rings. The standard InChI is InChI=1S/C15H22N2OS/c1-4-18-12-5-6-14-13(9-12)16-15(10-19)17(14)8-7-11(2)3/h5-6,9,11,19H,4,7-8,10H2,1-3H3. The van der Waals surface area contributed by atoms with E-state index in [0.717, 1.165) is 30.1 Å². The minimum Gasteiger partial charge on any atom is -0.494 e. The van der Waals surface area contributed by atoms with Crippen molar-refractivity contribution in [3.63, 3.8) is 0 Å². The van der Waals surface area contributed by atoms with Crippen molar-refractivity contribution in [2.24, 2.45) is 5.92 Å². The van der Waals surface area contributed by atoms with Crippen molar-refractivity contribution in [2.45, 2.75) is 39.5 Å². The molecule has 2 rings (SSSR count). The number of aromatic nitrogens is 2. The number of hydrogen-bond acceptors (Lipinski definition) is 3. The number of ether oxygens (including phenoxy) is 1. The van der Waals surface area contributed by atoms with Gasteiger partial charge in [-0.3, -0.25) is 0 Å². The average molecular weight is 278 g/mol. The second-order valence-corrected chi connectivity index (χ2v) is 5.42. The molecule has 0 radical (unpaired) electrons. The predicted molar refractivity (Wildman–Crippen MR) is 83.0 cm³/mol. The van der Waals surface area contributed by atoms with Crippen LogP contribution in [0, 0.1) is 5.92 Å². The van der Waals surface area contributed by atoms with Gasteiger partial charge in [0.25, 0.3) is 0 Å². The zero-order valence-corrected chi connectivity index (χ0v) is 12.8. The summed E-state index contributed by atoms with van der Waals surface area (Å²) in [5.41, 5.74) is 2.17. The maximum absolute atomic E-state index is 5.53. The van der Waals surface area contributed by atoms with Gasteiger partial charge in [0.2, 0.25) is 0 Å². The van der Waals surface area contributed by atoms with Gasteiger partial charge >= 0.3 is 0 Å². The molecule has 0 atom stereocenters. The molecule has 2 aromatic rings. The molecule has 0 saturated carbocycles. The second-order valence-electron chi connectivity index (χ2n) is 5.10. The Hall–Kier alpha value is -1.16. The molecule has 0 N–H and O–H groups in total. The average Bonchev–Trinajstić information content (AvgIpc) is 2.73. The molecule has 3 nitrogen and oxygen atoms in total. The van der Waals surface area contributed by atoms with Gasteiger partial charge in [0.1, 0.15) is 11.6 Å². The fourth-order valence-electron chi connectivity index (χ4n) is 2.17. The fraction of sp³-hybridized carbons (Fsp3) is 0.533. The van der Waals surface area contributed by atoms with Gasteiger partial charge in [-0.25, -0.2) is 4.98 Å². The molecular formula is C15H22N2OS. The van der Waals surface area contributed by atoms with Crippen LogP contribution in [0.25, 0.3) is 11.0 Å². The van der Waals surface area contributed by atoms with Crippen molar-refractivity contribution >= 4 is 23.7 Å². The number of nitrogens with zero attached hydrogens (tertiary/aromatic N) is 2. The third kappa shape index (κ3) is 3.24. The highest BCUT2D eigenvalue weighted by Crippen LogP contribution is 2.23. The fourth-order valence-corrected chi connectivity index (χ4v) is 2.41. The van der Waals surface area contributed by atoms with Gasteiger partial charge in [0.05, 0.1) is 17.6 Å². The van der Waals surface area contributed by atoms with Crippen LogP contribution in [0.3, 0.4) is 0 Å². The predicted octanol–water partition coefficient (Wildman–Crippen LogP) is 3.91. The number of hydrogen-bond donors (Lipinski definition) is 1. The van der Waals surface area contributed by atoms with Crippen molar-refractivity contribution in [3.05, 3.63) is 24.0 Å². The van der Waals surface area contributed by atoms with Crippen LogP contribution in [0.2, 0.25) is 0 Å². The number of rotatable bonds is 6. The van der Waals surface area contributed by atoms with E-state index in [1.165, 1.54) is 5.52 Å². The molecule has 1 heterocycles. The third-order valence-corrected chi connectivity index (χ3v) is 3.46. The highest BCUT2D eigenvalue weighted by atomic mass is 32.1. The van der Waals surface area contributed by atoms with Crippen molar-refractivity contribution in [1.82, 2.24) is 9.55 Å². The number of fused-ring (bicyclic) bond motifs is 1. The van der Waals surface area contributed by atoms with E-state index in [0.29, 0.717) is 18.3 Å². The van der Waals surface area contributed by atoms with Crippen LogP contribution >= 0.6 is 12.6 Å². The molecule has 0 aliphatic heterocycles. The second kappa shape index (κ2) is 6.33. The lowest BCUT2D eigenvalue weighted by Gasteiger charge is -2.10. The van der Waals surface area contributed by atoms with Crippen LogP contribution in [0.5, 0.6) is 5.75 Å². The van der Waals surface area contributed by atoms with E-state index in [1.807, 2.05) is 19.1 Å². The maximum atomic E-state index is 5.53. The zero-order chi connectivity index (χ0) is 13.8. The molecule has 0 aliphatic rings. The summed E-state index contributed by atoms with van der Waals surface area (Å²) in [6, 6.07) is 6.12. The summed E-state index contributed by atoms with van der Waals surface area (Å²) in [5.74, 6) is 3.27. The summed E-state index contributed by atoms with van der Waals surface area (Å²) in [7, 11) is 0. The van der Waals surface area contributed by atoms with E-state index in [2.05, 4.69) is 42.1 Å². The molecule has 0 unspecified atom stereocenters. The normalized spacial score (nSPS) is 11.4. The van der Waals surface area contributed by atoms with Crippen LogP contribution in [0.4, 0.5) is 0 Å². The summed E-state index contributed by atoms with van der Waals surface area (Å²) in [6.45, 7) is 8.15. The molecule has 0 saturated heterocycles. The van der Waals surface area contributed by atoms with Gasteiger partial charge < -0.3 is 9.30 Å². The molecule has 1 aromatic carbocycles. The Morgan fingerprint density at radius 2 is 2.16 bits per heavy atom. The van der Waals surface area contributed by atoms with Crippen LogP contribution < -0.4 is 4.74 Å². The van der Waals surface area contributed by atoms with Gasteiger partial charge in [-0.15, -0.1) is 0 Å². The molecule has 104 valence electrons. The first kappa shape index (κ1) is 14.3. The summed E-state index contributed by atoms with van der Waals surface area (Å²) in [5, 5.41) is 0. The highest BCUT2D eigenvalue weighted by Gasteiger charge is 2.10. The van der Waals surface area contributed by atoms with Crippen LogP contribution in [0.15, 0.2) is 18.2 Å². The third-order valence-electron chi connectivity index (χ3n) is 3.18. The van der Waals surface area contributed by atoms with E-state index < -0.39 is 0 Å². The van der Waals surface area contributed by atoms with E-state index in [1.54, 1.807) is 0 Å². The number of thiol groups is 1. The van der Waals surface area contributed by atoms with Crippen molar-refractivity contribution in [1.29, 1.82) is 0 Å². The highest BCUT2D eigenvalue weighted by molar-refractivity contribution is 7.79. The lowest BCUT2D eigenvalue weighted by atomic mass is 10.1. The van der Waals surface area contributed by atoms with Gasteiger partial charge in [-0.2, -0.15) is 12.6 Å². The topological polar surface area (TPSA) is 27.1 Å². The number of benzene rings is 1. The Labute approximate surface area is 120 Å². The van der Waals surface area contributed by atoms with E-state index in [-0.39, 0.29) is 0 Å². The van der Waals surface area contributed by atoms with Crippen molar-refractivity contribution < 1.29 is 4.74 Å². The Morgan fingerprint density at radius 3 is 2.79 bits per heavy atom. The van der Waals surface area contributed by atoms with Crippen LogP contribution in [-0.2, 0) is 12.3 Å². The Balaban J connectivity index is 2.37. The zero-order valence-electron chi connectivity index (χ0n) is 11.9. The first-order valence-corrected chi connectivity index (χ1v) is 7.51. The molecule has 4 heteroatoms. The smallest absolute Gasteiger partial charge is 0.121 e. The first-order chi connectivity index (χ1) is 9.15. The summed E-state index contributed by atoms with van der Waals surface area (Å²) in [6.07, 6.45) is 1.15. The summed E-state index contributed by atoms with van der Waals surface area (Å²) >= 11 is 4.39. The van der Waals surface area contributed by atoms with Crippen LogP contribution in [-0.4, -0.2) is 16.2 Å². The molecule has 0 bridgehead atoms. The van der Waals surface area contributed by atoms with Crippen molar-refractivity contribution in [3.8, 4) is 5.75 Å². The monoisotopic (exact) mass is 278 g/mol. The molecule has 19 heavy (non-hydrogen) atoms. The minimum absolute atomic E-state index is 0.663. The van der Waals surface area contributed by atoms with E-state index in [9.17, 15) is 0 Å². The largest absolute Gasteiger partial charge is 0.494 e. The van der Waals surface area contributed by atoms with E-state index in [4.69, 9.17) is 4.74 Å². The Morgan fingerprint density at radius 1 is 1.37 bits per heavy atom. The minimum atomic E-state index is 0.663. The number of aryl methyl sites for hydroxylation is 1. The molecular weight excluding hydrogens is 256 g/mol. The summed E-state index contributed by atoms with van der Waals surface area (Å²) in [4.78, 5) is 4.66. The van der Waals surface area contributed by atoms with Gasteiger partial charge in [-0.1, -0.05) is 13.8 Å². The Bertz CT molecular complexity index is 548. The first-order valence-electron chi connectivity index (χ1n) is 6.88. The van der Waals surface area contributed by atoms with Crippen LogP contribution in [0.1, 0.15) is 33.0 Å². The number of imidazole rings is 1. The lowest BCUT2D eigenvalue weighted by Crippen LogP contribution is -2.05. The van der Waals surface area contributed by atoms with Crippen molar-refractivity contribution in [2.75, 3.05) is 6.61 Å². The van der Waals surface area contributed by atoms with Gasteiger partial charge in [0, 0.05) is 18.4 Å². The molecule has 0 spiro atoms. The quantitative estimate of drug-likeness (QED) is 0.811. The molecule has 1 aromatic heterocycles. The molecule has 0 aliphatic carbocycles. The Kier molecular flexibility index (Phi) is 4.75.